The number of nitrogens with two attached hydrogens (primary N) is 1. The lowest BCUT2D eigenvalue weighted by Gasteiger charge is -2.20. The second-order valence-corrected chi connectivity index (χ2v) is 5.42. The lowest BCUT2D eigenvalue weighted by Crippen LogP contribution is -2.30. The quantitative estimate of drug-likeness (QED) is 0.849. The van der Waals surface area contributed by atoms with Gasteiger partial charge in [0, 0.05) is 29.6 Å². The minimum Gasteiger partial charge on any atom is -0.496 e. The first kappa shape index (κ1) is 14.6. The average Bonchev–Trinajstić information content (AvgIpc) is 2.45. The molecule has 108 valence electrons. The van der Waals surface area contributed by atoms with Crippen LogP contribution in [0, 0.1) is 5.92 Å². The number of nitrogens with one attached hydrogen (secondary N) is 1. The summed E-state index contributed by atoms with van der Waals surface area (Å²) in [4.78, 5) is 4.46. The van der Waals surface area contributed by atoms with Gasteiger partial charge in [-0.25, -0.2) is 4.98 Å². The van der Waals surface area contributed by atoms with E-state index in [0.717, 1.165) is 28.8 Å². The molecule has 2 rings (SSSR count). The molecule has 1 atom stereocenters. The molecular weight excluding hydrogens is 250 g/mol. The van der Waals surface area contributed by atoms with E-state index in [0.29, 0.717) is 12.5 Å². The molecular formula is C16H23N3O. The summed E-state index contributed by atoms with van der Waals surface area (Å²) in [5.41, 5.74) is 5.85. The standard InChI is InChI=1S/C16H23N3O/c1-11(2)9-12(10-17)19-16-14-5-4-6-15(20-3)13(14)7-8-18-16/h4-8,11-12H,9-10,17H2,1-3H3,(H,18,19). The van der Waals surface area contributed by atoms with Crippen LogP contribution in [0.4, 0.5) is 5.82 Å². The topological polar surface area (TPSA) is 60.2 Å². The van der Waals surface area contributed by atoms with Gasteiger partial charge in [-0.05, 0) is 24.5 Å². The lowest BCUT2D eigenvalue weighted by molar-refractivity contribution is 0.420. The average molecular weight is 273 g/mol. The smallest absolute Gasteiger partial charge is 0.134 e. The van der Waals surface area contributed by atoms with E-state index in [1.165, 1.54) is 0 Å². The molecule has 1 aromatic carbocycles. The van der Waals surface area contributed by atoms with Crippen molar-refractivity contribution >= 4 is 16.6 Å². The number of fused-ring (bicyclic) bond motifs is 1. The van der Waals surface area contributed by atoms with Crippen molar-refractivity contribution in [2.45, 2.75) is 26.3 Å². The van der Waals surface area contributed by atoms with Crippen molar-refractivity contribution in [1.82, 2.24) is 4.98 Å². The number of hydrogen-bond acceptors (Lipinski definition) is 4. The molecule has 0 spiro atoms. The number of aromatic nitrogens is 1. The second kappa shape index (κ2) is 6.57. The van der Waals surface area contributed by atoms with Crippen molar-refractivity contribution < 1.29 is 4.74 Å². The Balaban J connectivity index is 2.34. The molecule has 20 heavy (non-hydrogen) atoms. The summed E-state index contributed by atoms with van der Waals surface area (Å²) >= 11 is 0. The first-order chi connectivity index (χ1) is 9.65. The molecule has 0 saturated carbocycles. The van der Waals surface area contributed by atoms with E-state index in [2.05, 4.69) is 30.2 Å². The van der Waals surface area contributed by atoms with E-state index >= 15 is 0 Å². The zero-order chi connectivity index (χ0) is 14.5. The van der Waals surface area contributed by atoms with Gasteiger partial charge in [-0.2, -0.15) is 0 Å². The lowest BCUT2D eigenvalue weighted by atomic mass is 10.0. The van der Waals surface area contributed by atoms with Gasteiger partial charge in [-0.3, -0.25) is 0 Å². The second-order valence-electron chi connectivity index (χ2n) is 5.42. The maximum absolute atomic E-state index is 5.85. The number of ether oxygens (including phenoxy) is 1. The summed E-state index contributed by atoms with van der Waals surface area (Å²) in [6.45, 7) is 4.99. The fourth-order valence-corrected chi connectivity index (χ4v) is 2.45. The minimum absolute atomic E-state index is 0.235. The normalized spacial score (nSPS) is 12.7. The largest absolute Gasteiger partial charge is 0.496 e. The summed E-state index contributed by atoms with van der Waals surface area (Å²) in [6.07, 6.45) is 2.83. The molecule has 0 aliphatic carbocycles. The fraction of sp³-hybridized carbons (Fsp3) is 0.438. The number of anilines is 1. The van der Waals surface area contributed by atoms with Crippen LogP contribution in [-0.4, -0.2) is 24.7 Å². The van der Waals surface area contributed by atoms with Crippen LogP contribution in [-0.2, 0) is 0 Å². The fourth-order valence-electron chi connectivity index (χ4n) is 2.45. The van der Waals surface area contributed by atoms with Gasteiger partial charge in [0.25, 0.3) is 0 Å². The Morgan fingerprint density at radius 3 is 2.70 bits per heavy atom. The molecule has 0 aliphatic heterocycles. The monoisotopic (exact) mass is 273 g/mol. The SMILES string of the molecule is COc1cccc2c(NC(CN)CC(C)C)nccc12. The summed E-state index contributed by atoms with van der Waals surface area (Å²) in [6, 6.07) is 8.20. The molecule has 1 unspecified atom stereocenters. The molecule has 0 aliphatic rings. The molecule has 2 aromatic rings. The third-order valence-corrected chi connectivity index (χ3v) is 3.37. The van der Waals surface area contributed by atoms with Crippen LogP contribution in [0.2, 0.25) is 0 Å². The van der Waals surface area contributed by atoms with Crippen molar-refractivity contribution in [1.29, 1.82) is 0 Å². The molecule has 4 heteroatoms. The molecule has 0 bridgehead atoms. The Morgan fingerprint density at radius 2 is 2.05 bits per heavy atom. The maximum Gasteiger partial charge on any atom is 0.134 e. The van der Waals surface area contributed by atoms with Crippen LogP contribution >= 0.6 is 0 Å². The first-order valence-electron chi connectivity index (χ1n) is 7.04. The molecule has 0 fully saturated rings. The Kier molecular flexibility index (Phi) is 4.79. The van der Waals surface area contributed by atoms with Gasteiger partial charge in [0.15, 0.2) is 0 Å². The highest BCUT2D eigenvalue weighted by atomic mass is 16.5. The Morgan fingerprint density at radius 1 is 1.25 bits per heavy atom. The molecule has 1 aromatic heterocycles. The number of benzene rings is 1. The van der Waals surface area contributed by atoms with E-state index in [9.17, 15) is 0 Å². The molecule has 0 saturated heterocycles. The van der Waals surface area contributed by atoms with Crippen molar-refractivity contribution in [3.05, 3.63) is 30.5 Å². The predicted molar refractivity (Wildman–Crippen MR) is 84.2 cm³/mol. The third-order valence-electron chi connectivity index (χ3n) is 3.37. The minimum atomic E-state index is 0.235. The van der Waals surface area contributed by atoms with E-state index < -0.39 is 0 Å². The van der Waals surface area contributed by atoms with Gasteiger partial charge in [-0.15, -0.1) is 0 Å². The highest BCUT2D eigenvalue weighted by molar-refractivity contribution is 5.95. The highest BCUT2D eigenvalue weighted by Gasteiger charge is 2.12. The molecule has 4 nitrogen and oxygen atoms in total. The van der Waals surface area contributed by atoms with E-state index in [4.69, 9.17) is 10.5 Å². The van der Waals surface area contributed by atoms with Crippen molar-refractivity contribution in [3.8, 4) is 5.75 Å². The van der Waals surface area contributed by atoms with E-state index in [1.54, 1.807) is 13.3 Å². The van der Waals surface area contributed by atoms with Gasteiger partial charge in [-0.1, -0.05) is 26.0 Å². The van der Waals surface area contributed by atoms with Crippen LogP contribution in [0.25, 0.3) is 10.8 Å². The Hall–Kier alpha value is -1.81. The number of pyridine rings is 1. The summed E-state index contributed by atoms with van der Waals surface area (Å²) in [5.74, 6) is 2.33. The van der Waals surface area contributed by atoms with Gasteiger partial charge >= 0.3 is 0 Å². The number of hydrogen-bond donors (Lipinski definition) is 2. The number of nitrogens with zero attached hydrogens (tertiary/aromatic N) is 1. The van der Waals surface area contributed by atoms with Crippen LogP contribution < -0.4 is 15.8 Å². The number of methoxy groups -OCH3 is 1. The Labute approximate surface area is 120 Å². The highest BCUT2D eigenvalue weighted by Crippen LogP contribution is 2.29. The zero-order valence-corrected chi connectivity index (χ0v) is 12.4. The maximum atomic E-state index is 5.85. The van der Waals surface area contributed by atoms with E-state index in [-0.39, 0.29) is 6.04 Å². The zero-order valence-electron chi connectivity index (χ0n) is 12.4. The summed E-state index contributed by atoms with van der Waals surface area (Å²) < 4.78 is 5.40. The summed E-state index contributed by atoms with van der Waals surface area (Å²) in [7, 11) is 1.68. The molecule has 1 heterocycles. The van der Waals surface area contributed by atoms with Crippen LogP contribution in [0.3, 0.4) is 0 Å². The van der Waals surface area contributed by atoms with Crippen molar-refractivity contribution in [2.75, 3.05) is 19.0 Å². The van der Waals surface area contributed by atoms with Crippen molar-refractivity contribution in [2.24, 2.45) is 11.7 Å². The van der Waals surface area contributed by atoms with Crippen molar-refractivity contribution in [3.63, 3.8) is 0 Å². The van der Waals surface area contributed by atoms with E-state index in [1.807, 2.05) is 18.2 Å². The van der Waals surface area contributed by atoms with Crippen LogP contribution in [0.1, 0.15) is 20.3 Å². The van der Waals surface area contributed by atoms with Gasteiger partial charge in [0.05, 0.1) is 7.11 Å². The first-order valence-corrected chi connectivity index (χ1v) is 7.04. The molecule has 0 amide bonds. The third kappa shape index (κ3) is 3.20. The van der Waals surface area contributed by atoms with Gasteiger partial charge in [0.1, 0.15) is 11.6 Å². The van der Waals surface area contributed by atoms with Crippen LogP contribution in [0.15, 0.2) is 30.5 Å². The number of rotatable bonds is 6. The molecule has 3 N–H and O–H groups in total. The van der Waals surface area contributed by atoms with Gasteiger partial charge in [0.2, 0.25) is 0 Å². The molecule has 0 radical (unpaired) electrons. The summed E-state index contributed by atoms with van der Waals surface area (Å²) in [5, 5.41) is 5.59. The van der Waals surface area contributed by atoms with Gasteiger partial charge < -0.3 is 15.8 Å². The predicted octanol–water partition coefficient (Wildman–Crippen LogP) is 3.03. The Bertz CT molecular complexity index is 569. The van der Waals surface area contributed by atoms with Crippen LogP contribution in [0.5, 0.6) is 5.75 Å².